The summed E-state index contributed by atoms with van der Waals surface area (Å²) in [6.45, 7) is 6.79. The summed E-state index contributed by atoms with van der Waals surface area (Å²) in [7, 11) is 0. The third-order valence-corrected chi connectivity index (χ3v) is 4.56. The Morgan fingerprint density at radius 1 is 1.08 bits per heavy atom. The minimum Gasteiger partial charge on any atom is -0.354 e. The molecule has 0 N–H and O–H groups in total. The van der Waals surface area contributed by atoms with Crippen LogP contribution in [0.5, 0.6) is 0 Å². The van der Waals surface area contributed by atoms with Gasteiger partial charge >= 0.3 is 0 Å². The molecule has 0 unspecified atom stereocenters. The average Bonchev–Trinajstić information content (AvgIpc) is 2.97. The van der Waals surface area contributed by atoms with Gasteiger partial charge in [0.15, 0.2) is 0 Å². The Morgan fingerprint density at radius 3 is 2.71 bits per heavy atom. The Labute approximate surface area is 145 Å². The third-order valence-electron chi connectivity index (χ3n) is 4.34. The molecule has 4 rings (SSSR count). The maximum atomic E-state index is 6.03. The predicted octanol–water partition coefficient (Wildman–Crippen LogP) is 2.41. The second-order valence-electron chi connectivity index (χ2n) is 6.13. The maximum Gasteiger partial charge on any atom is 0.137 e. The van der Waals surface area contributed by atoms with Gasteiger partial charge in [0, 0.05) is 56.9 Å². The van der Waals surface area contributed by atoms with Crippen molar-refractivity contribution in [1.29, 1.82) is 0 Å². The first kappa shape index (κ1) is 15.4. The van der Waals surface area contributed by atoms with E-state index >= 15 is 0 Å². The largest absolute Gasteiger partial charge is 0.354 e. The lowest BCUT2D eigenvalue weighted by Gasteiger charge is -2.35. The molecule has 0 aromatic carbocycles. The molecule has 0 atom stereocenters. The Balaban J connectivity index is 1.40. The second kappa shape index (κ2) is 6.37. The number of aromatic nitrogens is 4. The molecule has 1 saturated heterocycles. The van der Waals surface area contributed by atoms with Gasteiger partial charge in [-0.15, -0.1) is 0 Å². The molecule has 3 aromatic heterocycles. The average molecular weight is 343 g/mol. The van der Waals surface area contributed by atoms with Gasteiger partial charge in [-0.2, -0.15) is 0 Å². The summed E-state index contributed by atoms with van der Waals surface area (Å²) in [5.74, 6) is 1.02. The van der Waals surface area contributed by atoms with E-state index in [0.717, 1.165) is 60.6 Å². The first-order valence-electron chi connectivity index (χ1n) is 8.06. The topological polar surface area (TPSA) is 49.6 Å². The van der Waals surface area contributed by atoms with Crippen molar-refractivity contribution in [2.24, 2.45) is 0 Å². The van der Waals surface area contributed by atoms with Crippen molar-refractivity contribution in [3.8, 4) is 0 Å². The van der Waals surface area contributed by atoms with Gasteiger partial charge in [-0.1, -0.05) is 11.6 Å². The summed E-state index contributed by atoms with van der Waals surface area (Å²) in [5, 5.41) is 0.722. The fourth-order valence-corrected chi connectivity index (χ4v) is 3.24. The summed E-state index contributed by atoms with van der Waals surface area (Å²) >= 11 is 6.03. The van der Waals surface area contributed by atoms with E-state index in [-0.39, 0.29) is 0 Å². The van der Waals surface area contributed by atoms with E-state index in [1.807, 2.05) is 35.7 Å². The van der Waals surface area contributed by atoms with E-state index in [1.165, 1.54) is 0 Å². The zero-order valence-corrected chi connectivity index (χ0v) is 14.3. The molecule has 0 radical (unpaired) electrons. The summed E-state index contributed by atoms with van der Waals surface area (Å²) in [6.07, 6.45) is 5.59. The second-order valence-corrected chi connectivity index (χ2v) is 6.56. The molecule has 1 fully saturated rings. The minimum absolute atomic E-state index is 0.722. The monoisotopic (exact) mass is 342 g/mol. The van der Waals surface area contributed by atoms with Crippen LogP contribution in [0.15, 0.2) is 36.9 Å². The molecule has 6 nitrogen and oxygen atoms in total. The highest BCUT2D eigenvalue weighted by atomic mass is 35.5. The Kier molecular flexibility index (Phi) is 4.08. The van der Waals surface area contributed by atoms with E-state index in [9.17, 15) is 0 Å². The van der Waals surface area contributed by atoms with Crippen LogP contribution in [0.3, 0.4) is 0 Å². The van der Waals surface area contributed by atoms with Crippen LogP contribution in [-0.2, 0) is 6.54 Å². The van der Waals surface area contributed by atoms with Crippen LogP contribution >= 0.6 is 11.6 Å². The van der Waals surface area contributed by atoms with Crippen LogP contribution in [-0.4, -0.2) is 50.4 Å². The molecule has 4 heterocycles. The fourth-order valence-electron chi connectivity index (χ4n) is 3.07. The van der Waals surface area contributed by atoms with E-state index in [1.54, 1.807) is 6.33 Å². The molecule has 124 valence electrons. The van der Waals surface area contributed by atoms with E-state index in [0.29, 0.717) is 0 Å². The zero-order chi connectivity index (χ0) is 16.5. The normalized spacial score (nSPS) is 16.0. The summed E-state index contributed by atoms with van der Waals surface area (Å²) in [4.78, 5) is 17.9. The summed E-state index contributed by atoms with van der Waals surface area (Å²) in [5.41, 5.74) is 3.01. The molecule has 0 saturated carbocycles. The van der Waals surface area contributed by atoms with Crippen LogP contribution < -0.4 is 4.90 Å². The molecule has 0 amide bonds. The van der Waals surface area contributed by atoms with Gasteiger partial charge in [0.05, 0.1) is 10.7 Å². The molecular weight excluding hydrogens is 324 g/mol. The number of hydrogen-bond acceptors (Lipinski definition) is 5. The van der Waals surface area contributed by atoms with Crippen molar-refractivity contribution < 1.29 is 0 Å². The number of imidazole rings is 1. The van der Waals surface area contributed by atoms with Crippen molar-refractivity contribution >= 4 is 23.1 Å². The molecule has 24 heavy (non-hydrogen) atoms. The van der Waals surface area contributed by atoms with Crippen molar-refractivity contribution in [3.63, 3.8) is 0 Å². The molecule has 1 aliphatic rings. The number of piperazine rings is 1. The van der Waals surface area contributed by atoms with Gasteiger partial charge in [-0.3, -0.25) is 4.90 Å². The first-order valence-corrected chi connectivity index (χ1v) is 8.44. The highest BCUT2D eigenvalue weighted by Gasteiger charge is 2.19. The highest BCUT2D eigenvalue weighted by molar-refractivity contribution is 6.30. The predicted molar refractivity (Wildman–Crippen MR) is 94.5 cm³/mol. The van der Waals surface area contributed by atoms with E-state index < -0.39 is 0 Å². The number of pyridine rings is 1. The van der Waals surface area contributed by atoms with Gasteiger partial charge in [-0.25, -0.2) is 15.0 Å². The van der Waals surface area contributed by atoms with Crippen molar-refractivity contribution in [3.05, 3.63) is 53.3 Å². The van der Waals surface area contributed by atoms with Crippen LogP contribution in [0.25, 0.3) is 5.65 Å². The molecule has 7 heteroatoms. The van der Waals surface area contributed by atoms with Crippen LogP contribution in [0.2, 0.25) is 5.02 Å². The zero-order valence-electron chi connectivity index (χ0n) is 13.6. The van der Waals surface area contributed by atoms with E-state index in [2.05, 4.69) is 30.9 Å². The molecular formula is C17H19ClN6. The van der Waals surface area contributed by atoms with Gasteiger partial charge in [-0.05, 0) is 19.1 Å². The standard InChI is InChI=1S/C17H19ClN6/c1-13-8-17(20-12-19-13)23-6-4-22(5-7-23)10-15-11-24-9-14(18)2-3-16(24)21-15/h2-3,8-9,11-12H,4-7,10H2,1H3. The molecule has 0 spiro atoms. The molecule has 3 aromatic rings. The Morgan fingerprint density at radius 2 is 1.92 bits per heavy atom. The number of anilines is 1. The number of hydrogen-bond donors (Lipinski definition) is 0. The van der Waals surface area contributed by atoms with Crippen molar-refractivity contribution in [1.82, 2.24) is 24.3 Å². The fraction of sp³-hybridized carbons (Fsp3) is 0.353. The van der Waals surface area contributed by atoms with Gasteiger partial charge < -0.3 is 9.30 Å². The summed E-state index contributed by atoms with van der Waals surface area (Å²) < 4.78 is 1.98. The number of nitrogens with zero attached hydrogens (tertiary/aromatic N) is 6. The maximum absolute atomic E-state index is 6.03. The molecule has 1 aliphatic heterocycles. The van der Waals surface area contributed by atoms with Crippen LogP contribution in [0.4, 0.5) is 5.82 Å². The Bertz CT molecular complexity index is 853. The van der Waals surface area contributed by atoms with Gasteiger partial charge in [0.2, 0.25) is 0 Å². The number of rotatable bonds is 3. The SMILES string of the molecule is Cc1cc(N2CCN(Cc3cn4cc(Cl)ccc4n3)CC2)ncn1. The quantitative estimate of drug-likeness (QED) is 0.731. The van der Waals surface area contributed by atoms with Gasteiger partial charge in [0.25, 0.3) is 0 Å². The lowest BCUT2D eigenvalue weighted by atomic mass is 10.3. The first-order chi connectivity index (χ1) is 11.7. The molecule has 0 bridgehead atoms. The summed E-state index contributed by atoms with van der Waals surface area (Å²) in [6, 6.07) is 5.86. The van der Waals surface area contributed by atoms with E-state index in [4.69, 9.17) is 11.6 Å². The lowest BCUT2D eigenvalue weighted by molar-refractivity contribution is 0.247. The highest BCUT2D eigenvalue weighted by Crippen LogP contribution is 2.16. The minimum atomic E-state index is 0.722. The van der Waals surface area contributed by atoms with Gasteiger partial charge in [0.1, 0.15) is 17.8 Å². The lowest BCUT2D eigenvalue weighted by Crippen LogP contribution is -2.46. The number of aryl methyl sites for hydroxylation is 1. The number of halogens is 1. The van der Waals surface area contributed by atoms with Crippen molar-refractivity contribution in [2.45, 2.75) is 13.5 Å². The Hall–Kier alpha value is -2.18. The smallest absolute Gasteiger partial charge is 0.137 e. The number of fused-ring (bicyclic) bond motifs is 1. The van der Waals surface area contributed by atoms with Crippen molar-refractivity contribution in [2.75, 3.05) is 31.1 Å². The molecule has 0 aliphatic carbocycles. The van der Waals surface area contributed by atoms with Crippen LogP contribution in [0, 0.1) is 6.92 Å². The third kappa shape index (κ3) is 3.20. The van der Waals surface area contributed by atoms with Crippen LogP contribution in [0.1, 0.15) is 11.4 Å².